The average Bonchev–Trinajstić information content (AvgIpc) is 3.54. The highest BCUT2D eigenvalue weighted by Gasteiger charge is 2.34. The number of ether oxygens (including phenoxy) is 2. The van der Waals surface area contributed by atoms with E-state index in [-0.39, 0.29) is 22.9 Å². The van der Waals surface area contributed by atoms with Crippen molar-refractivity contribution in [3.05, 3.63) is 24.0 Å². The van der Waals surface area contributed by atoms with Crippen LogP contribution in [0.15, 0.2) is 18.2 Å². The molecule has 0 spiro atoms. The Morgan fingerprint density at radius 2 is 1.90 bits per heavy atom. The fourth-order valence-electron chi connectivity index (χ4n) is 6.50. The summed E-state index contributed by atoms with van der Waals surface area (Å²) in [6.07, 6.45) is 3.60. The minimum absolute atomic E-state index is 0.0760. The quantitative estimate of drug-likeness (QED) is 0.300. The summed E-state index contributed by atoms with van der Waals surface area (Å²) in [7, 11) is 1.56. The van der Waals surface area contributed by atoms with E-state index in [4.69, 9.17) is 30.2 Å². The Morgan fingerprint density at radius 1 is 1.07 bits per heavy atom. The Balaban J connectivity index is 1.31. The number of nitrogens with one attached hydrogen (secondary N) is 2. The normalized spacial score (nSPS) is 24.6. The molecule has 0 radical (unpaired) electrons. The van der Waals surface area contributed by atoms with Gasteiger partial charge in [0, 0.05) is 42.8 Å². The monoisotopic (exact) mass is 596 g/mol. The van der Waals surface area contributed by atoms with E-state index < -0.39 is 6.17 Å². The number of benzene rings is 1. The van der Waals surface area contributed by atoms with Gasteiger partial charge in [0.25, 0.3) is 0 Å². The number of hydrogen-bond acceptors (Lipinski definition) is 11. The molecule has 3 fully saturated rings. The van der Waals surface area contributed by atoms with Crippen molar-refractivity contribution in [3.8, 4) is 23.0 Å². The van der Waals surface area contributed by atoms with E-state index in [1.165, 1.54) is 6.07 Å². The van der Waals surface area contributed by atoms with Crippen LogP contribution in [0.3, 0.4) is 0 Å². The van der Waals surface area contributed by atoms with Crippen molar-refractivity contribution >= 4 is 43.5 Å². The lowest BCUT2D eigenvalue weighted by atomic mass is 9.96. The summed E-state index contributed by atoms with van der Waals surface area (Å²) in [6.45, 7) is 3.10. The number of fused-ring (bicyclic) bond motifs is 4. The van der Waals surface area contributed by atoms with E-state index in [1.807, 2.05) is 6.07 Å². The number of methoxy groups -OCH3 is 1. The molecule has 4 N–H and O–H groups in total. The maximum Gasteiger partial charge on any atom is 0.319 e. The first-order valence-corrected chi connectivity index (χ1v) is 15.4. The number of thiazole rings is 1. The van der Waals surface area contributed by atoms with Gasteiger partial charge >= 0.3 is 6.01 Å². The highest BCUT2D eigenvalue weighted by atomic mass is 32.1. The van der Waals surface area contributed by atoms with Crippen LogP contribution in [0.2, 0.25) is 0 Å². The molecule has 3 aromatic heterocycles. The van der Waals surface area contributed by atoms with Gasteiger partial charge in [0.15, 0.2) is 10.9 Å². The Morgan fingerprint density at radius 3 is 2.71 bits per heavy atom. The van der Waals surface area contributed by atoms with E-state index in [0.717, 1.165) is 56.7 Å². The third-order valence-corrected chi connectivity index (χ3v) is 9.37. The SMILES string of the molecule is COc1nc2c(N3CC4CCC(C3)N4)nc(OC[C@@H]3CCCNC[C@H](F)C3)nc2cc1-c1ccc(F)c2sc(N)nc12. The number of rotatable bonds is 6. The van der Waals surface area contributed by atoms with Gasteiger partial charge in [-0.3, -0.25) is 0 Å². The molecule has 3 aliphatic rings. The number of anilines is 2. The van der Waals surface area contributed by atoms with Crippen molar-refractivity contribution in [2.45, 2.75) is 50.4 Å². The largest absolute Gasteiger partial charge is 0.481 e. The number of piperazine rings is 1. The fourth-order valence-corrected chi connectivity index (χ4v) is 7.27. The van der Waals surface area contributed by atoms with Crippen LogP contribution >= 0.6 is 11.3 Å². The molecule has 6 heterocycles. The third kappa shape index (κ3) is 5.29. The molecular formula is C29H34F2N8O2S. The first-order valence-electron chi connectivity index (χ1n) is 14.6. The Hall–Kier alpha value is -3.42. The average molecular weight is 597 g/mol. The van der Waals surface area contributed by atoms with Crippen LogP contribution in [-0.4, -0.2) is 78.1 Å². The lowest BCUT2D eigenvalue weighted by molar-refractivity contribution is 0.166. The van der Waals surface area contributed by atoms with Gasteiger partial charge in [0.1, 0.15) is 17.5 Å². The van der Waals surface area contributed by atoms with Crippen molar-refractivity contribution in [2.24, 2.45) is 5.92 Å². The molecular weight excluding hydrogens is 562 g/mol. The maximum atomic E-state index is 14.6. The molecule has 2 unspecified atom stereocenters. The molecule has 2 bridgehead atoms. The molecule has 4 atom stereocenters. The molecule has 4 aromatic rings. The second-order valence-electron chi connectivity index (χ2n) is 11.5. The van der Waals surface area contributed by atoms with E-state index in [2.05, 4.69) is 20.5 Å². The first-order chi connectivity index (χ1) is 20.4. The number of nitrogens with zero attached hydrogens (tertiary/aromatic N) is 5. The summed E-state index contributed by atoms with van der Waals surface area (Å²) < 4.78 is 41.3. The van der Waals surface area contributed by atoms with Crippen molar-refractivity contribution in [3.63, 3.8) is 0 Å². The second-order valence-corrected chi connectivity index (χ2v) is 12.5. The van der Waals surface area contributed by atoms with Crippen LogP contribution in [0.5, 0.6) is 11.9 Å². The molecule has 0 saturated carbocycles. The van der Waals surface area contributed by atoms with Crippen molar-refractivity contribution in [1.82, 2.24) is 30.6 Å². The van der Waals surface area contributed by atoms with Gasteiger partial charge in [-0.15, -0.1) is 0 Å². The molecule has 222 valence electrons. The lowest BCUT2D eigenvalue weighted by Gasteiger charge is -2.34. The van der Waals surface area contributed by atoms with Gasteiger partial charge in [0.2, 0.25) is 5.88 Å². The van der Waals surface area contributed by atoms with Crippen molar-refractivity contribution in [1.29, 1.82) is 0 Å². The number of aromatic nitrogens is 4. The number of nitrogen functional groups attached to an aromatic ring is 1. The molecule has 10 nitrogen and oxygen atoms in total. The summed E-state index contributed by atoms with van der Waals surface area (Å²) in [5, 5.41) is 7.09. The van der Waals surface area contributed by atoms with Gasteiger partial charge in [-0.05, 0) is 62.8 Å². The number of alkyl halides is 1. The molecule has 1 aromatic carbocycles. The highest BCUT2D eigenvalue weighted by Crippen LogP contribution is 2.40. The minimum Gasteiger partial charge on any atom is -0.481 e. The molecule has 13 heteroatoms. The van der Waals surface area contributed by atoms with Crippen LogP contribution in [-0.2, 0) is 0 Å². The smallest absolute Gasteiger partial charge is 0.319 e. The van der Waals surface area contributed by atoms with Gasteiger partial charge < -0.3 is 30.7 Å². The predicted octanol–water partition coefficient (Wildman–Crippen LogP) is 4.08. The zero-order valence-electron chi connectivity index (χ0n) is 23.4. The first kappa shape index (κ1) is 27.4. The lowest BCUT2D eigenvalue weighted by Crippen LogP contribution is -2.51. The van der Waals surface area contributed by atoms with E-state index in [1.54, 1.807) is 13.2 Å². The van der Waals surface area contributed by atoms with E-state index in [9.17, 15) is 8.78 Å². The summed E-state index contributed by atoms with van der Waals surface area (Å²) in [6, 6.07) is 5.93. The van der Waals surface area contributed by atoms with Crippen LogP contribution in [0.4, 0.5) is 19.7 Å². The Bertz CT molecular complexity index is 1610. The molecule has 7 rings (SSSR count). The zero-order chi connectivity index (χ0) is 28.8. The van der Waals surface area contributed by atoms with E-state index in [0.29, 0.717) is 75.7 Å². The van der Waals surface area contributed by atoms with Crippen LogP contribution in [0.1, 0.15) is 32.1 Å². The minimum atomic E-state index is -0.908. The topological polar surface area (TPSA) is 123 Å². The van der Waals surface area contributed by atoms with Gasteiger partial charge in [-0.25, -0.2) is 18.7 Å². The number of nitrogens with two attached hydrogens (primary N) is 1. The van der Waals surface area contributed by atoms with Gasteiger partial charge in [-0.2, -0.15) is 9.97 Å². The van der Waals surface area contributed by atoms with Crippen molar-refractivity contribution < 1.29 is 18.3 Å². The van der Waals surface area contributed by atoms with Crippen LogP contribution < -0.4 is 30.7 Å². The van der Waals surface area contributed by atoms with Crippen LogP contribution in [0.25, 0.3) is 32.4 Å². The Kier molecular flexibility index (Phi) is 7.40. The number of hydrogen-bond donors (Lipinski definition) is 3. The van der Waals surface area contributed by atoms with Crippen molar-refractivity contribution in [2.75, 3.05) is 50.5 Å². The molecule has 42 heavy (non-hydrogen) atoms. The summed E-state index contributed by atoms with van der Waals surface area (Å²) in [5.41, 5.74) is 8.83. The summed E-state index contributed by atoms with van der Waals surface area (Å²) >= 11 is 1.10. The maximum absolute atomic E-state index is 14.6. The fraction of sp³-hybridized carbons (Fsp3) is 0.517. The van der Waals surface area contributed by atoms with Gasteiger partial charge in [-0.1, -0.05) is 11.3 Å². The predicted molar refractivity (Wildman–Crippen MR) is 160 cm³/mol. The molecule has 3 aliphatic heterocycles. The van der Waals surface area contributed by atoms with Crippen LogP contribution in [0, 0.1) is 11.7 Å². The summed E-state index contributed by atoms with van der Waals surface area (Å²) in [5.74, 6) is 0.734. The molecule has 0 amide bonds. The number of pyridine rings is 1. The molecule has 0 aliphatic carbocycles. The second kappa shape index (κ2) is 11.3. The Labute approximate surface area is 246 Å². The molecule has 3 saturated heterocycles. The van der Waals surface area contributed by atoms with E-state index >= 15 is 0 Å². The highest BCUT2D eigenvalue weighted by molar-refractivity contribution is 7.22. The zero-order valence-corrected chi connectivity index (χ0v) is 24.2. The number of halogens is 2. The third-order valence-electron chi connectivity index (χ3n) is 8.48. The van der Waals surface area contributed by atoms with Gasteiger partial charge in [0.05, 0.1) is 29.5 Å². The summed E-state index contributed by atoms with van der Waals surface area (Å²) in [4.78, 5) is 21.2. The standard InChI is InChI=1S/C29H34F2N8O2S/c1-40-27-20(19-6-7-21(31)25-23(19)37-28(32)42-25)10-22-24(36-27)26(39-12-17-4-5-18(13-39)34-17)38-29(35-22)41-14-15-3-2-8-33-11-16(30)9-15/h6-7,10,15-18,33-34H,2-5,8-9,11-14H2,1H3,(H2,32,37)/t15-,16-,17?,18?/m1/s1.